The molecule has 4 amide bonds. The third kappa shape index (κ3) is 3.93. The zero-order chi connectivity index (χ0) is 20.3. The van der Waals surface area contributed by atoms with Crippen LogP contribution in [0.15, 0.2) is 54.6 Å². The number of imide groups is 1. The molecule has 1 aliphatic rings. The topological polar surface area (TPSA) is 79.0 Å². The van der Waals surface area contributed by atoms with Crippen molar-refractivity contribution in [2.24, 2.45) is 0 Å². The molecule has 0 saturated carbocycles. The van der Waals surface area contributed by atoms with E-state index in [0.29, 0.717) is 5.69 Å². The van der Waals surface area contributed by atoms with Gasteiger partial charge >= 0.3 is 12.6 Å². The molecule has 1 N–H and O–H groups in total. The number of hydrogen-bond donors (Lipinski definition) is 1. The quantitative estimate of drug-likeness (QED) is 0.770. The number of urea groups is 1. The summed E-state index contributed by atoms with van der Waals surface area (Å²) >= 11 is 0. The highest BCUT2D eigenvalue weighted by Crippen LogP contribution is 2.27. The number of alkyl halides is 2. The van der Waals surface area contributed by atoms with Crippen molar-refractivity contribution in [2.75, 3.05) is 16.8 Å². The predicted molar refractivity (Wildman–Crippen MR) is 97.2 cm³/mol. The van der Waals surface area contributed by atoms with Gasteiger partial charge in [-0.05, 0) is 31.2 Å². The third-order valence-electron chi connectivity index (χ3n) is 4.16. The van der Waals surface area contributed by atoms with Crippen LogP contribution in [0.3, 0.4) is 0 Å². The van der Waals surface area contributed by atoms with Gasteiger partial charge in [0.05, 0.1) is 5.69 Å². The Morgan fingerprint density at radius 3 is 2.43 bits per heavy atom. The first-order valence-electron chi connectivity index (χ1n) is 8.42. The molecule has 0 radical (unpaired) electrons. The van der Waals surface area contributed by atoms with Gasteiger partial charge in [0.15, 0.2) is 0 Å². The number of rotatable bonds is 6. The third-order valence-corrected chi connectivity index (χ3v) is 4.16. The molecule has 7 nitrogen and oxygen atoms in total. The fourth-order valence-electron chi connectivity index (χ4n) is 2.90. The Labute approximate surface area is 159 Å². The minimum absolute atomic E-state index is 0.0138. The zero-order valence-electron chi connectivity index (χ0n) is 14.8. The van der Waals surface area contributed by atoms with Crippen LogP contribution in [0.25, 0.3) is 0 Å². The summed E-state index contributed by atoms with van der Waals surface area (Å²) < 4.78 is 29.3. The van der Waals surface area contributed by atoms with E-state index in [1.165, 1.54) is 29.2 Å². The van der Waals surface area contributed by atoms with Gasteiger partial charge in [-0.15, -0.1) is 0 Å². The van der Waals surface area contributed by atoms with Gasteiger partial charge in [-0.3, -0.25) is 19.4 Å². The maximum Gasteiger partial charge on any atom is 0.387 e. The predicted octanol–water partition coefficient (Wildman–Crippen LogP) is 3.08. The number of hydrogen-bond acceptors (Lipinski definition) is 4. The Balaban J connectivity index is 1.73. The molecule has 9 heteroatoms. The first-order chi connectivity index (χ1) is 13.4. The van der Waals surface area contributed by atoms with Crippen molar-refractivity contribution in [1.29, 1.82) is 0 Å². The van der Waals surface area contributed by atoms with Crippen LogP contribution < -0.4 is 15.0 Å². The lowest BCUT2D eigenvalue weighted by molar-refractivity contribution is -0.130. The Kier molecular flexibility index (Phi) is 5.53. The van der Waals surface area contributed by atoms with Crippen LogP contribution in [0.2, 0.25) is 0 Å². The van der Waals surface area contributed by atoms with Gasteiger partial charge in [0.25, 0.3) is 5.91 Å². The second-order valence-corrected chi connectivity index (χ2v) is 6.01. The first-order valence-corrected chi connectivity index (χ1v) is 8.42. The summed E-state index contributed by atoms with van der Waals surface area (Å²) in [7, 11) is 0. The lowest BCUT2D eigenvalue weighted by atomic mass is 10.2. The Morgan fingerprint density at radius 1 is 1.11 bits per heavy atom. The van der Waals surface area contributed by atoms with Crippen LogP contribution >= 0.6 is 0 Å². The van der Waals surface area contributed by atoms with Crippen LogP contribution in [-0.4, -0.2) is 41.9 Å². The summed E-state index contributed by atoms with van der Waals surface area (Å²) in [5.41, 5.74) is 0.548. The van der Waals surface area contributed by atoms with Crippen molar-refractivity contribution in [3.05, 3.63) is 54.6 Å². The van der Waals surface area contributed by atoms with Crippen molar-refractivity contribution in [2.45, 2.75) is 19.6 Å². The lowest BCUT2D eigenvalue weighted by Crippen LogP contribution is -2.39. The molecule has 1 atom stereocenters. The van der Waals surface area contributed by atoms with Gasteiger partial charge in [-0.1, -0.05) is 30.3 Å². The van der Waals surface area contributed by atoms with Crippen LogP contribution in [0.5, 0.6) is 5.75 Å². The molecule has 146 valence electrons. The lowest BCUT2D eigenvalue weighted by Gasteiger charge is -2.19. The maximum atomic E-state index is 12.7. The number of benzene rings is 2. The molecule has 28 heavy (non-hydrogen) atoms. The minimum Gasteiger partial charge on any atom is -0.433 e. The molecule has 2 aromatic carbocycles. The first kappa shape index (κ1) is 19.3. The number of nitrogens with one attached hydrogen (secondary N) is 1. The standard InChI is InChI=1S/C19H17F2N3O4/c1-12-17(26)23(19(27)24(12)13-7-3-2-4-8-13)11-16(25)22-14-9-5-6-10-15(14)28-18(20)21/h2-10,12,18H,11H2,1H3,(H,22,25). The molecule has 0 aliphatic carbocycles. The van der Waals surface area contributed by atoms with Gasteiger partial charge in [0.2, 0.25) is 5.91 Å². The molecule has 1 saturated heterocycles. The van der Waals surface area contributed by atoms with Crippen molar-refractivity contribution >= 4 is 29.2 Å². The van der Waals surface area contributed by atoms with E-state index in [2.05, 4.69) is 10.1 Å². The Hall–Kier alpha value is -3.49. The molecule has 1 aliphatic heterocycles. The highest BCUT2D eigenvalue weighted by molar-refractivity contribution is 6.16. The second-order valence-electron chi connectivity index (χ2n) is 6.01. The van der Waals surface area contributed by atoms with Crippen molar-refractivity contribution < 1.29 is 27.9 Å². The summed E-state index contributed by atoms with van der Waals surface area (Å²) in [4.78, 5) is 39.6. The number of carbonyl (C=O) groups excluding carboxylic acids is 3. The fraction of sp³-hybridized carbons (Fsp3) is 0.211. The van der Waals surface area contributed by atoms with Crippen molar-refractivity contribution in [1.82, 2.24) is 4.90 Å². The van der Waals surface area contributed by atoms with Crippen LogP contribution in [0.1, 0.15) is 6.92 Å². The number of halogens is 2. The number of anilines is 2. The van der Waals surface area contributed by atoms with E-state index < -0.39 is 37.0 Å². The maximum absolute atomic E-state index is 12.7. The summed E-state index contributed by atoms with van der Waals surface area (Å²) in [6.45, 7) is -2.04. The molecule has 2 aromatic rings. The summed E-state index contributed by atoms with van der Waals surface area (Å²) in [6.07, 6.45) is 0. The molecule has 3 rings (SSSR count). The zero-order valence-corrected chi connectivity index (χ0v) is 14.8. The molecule has 0 spiro atoms. The van der Waals surface area contributed by atoms with Gasteiger partial charge in [-0.2, -0.15) is 8.78 Å². The molecular formula is C19H17F2N3O4. The molecule has 1 unspecified atom stereocenters. The average Bonchev–Trinajstić information content (AvgIpc) is 2.87. The molecule has 1 fully saturated rings. The van der Waals surface area contributed by atoms with Gasteiger partial charge in [0.1, 0.15) is 18.3 Å². The van der Waals surface area contributed by atoms with E-state index >= 15 is 0 Å². The highest BCUT2D eigenvalue weighted by Gasteiger charge is 2.44. The number of amides is 4. The van der Waals surface area contributed by atoms with Gasteiger partial charge in [-0.25, -0.2) is 4.79 Å². The van der Waals surface area contributed by atoms with E-state index in [0.717, 1.165) is 4.90 Å². The summed E-state index contributed by atoms with van der Waals surface area (Å²) in [5, 5.41) is 2.39. The fourth-order valence-corrected chi connectivity index (χ4v) is 2.90. The molecule has 0 aromatic heterocycles. The largest absolute Gasteiger partial charge is 0.433 e. The number of para-hydroxylation sites is 3. The Bertz CT molecular complexity index is 892. The van der Waals surface area contributed by atoms with Crippen LogP contribution in [-0.2, 0) is 9.59 Å². The van der Waals surface area contributed by atoms with Gasteiger partial charge < -0.3 is 10.1 Å². The SMILES string of the molecule is CC1C(=O)N(CC(=O)Nc2ccccc2OC(F)F)C(=O)N1c1ccccc1. The monoisotopic (exact) mass is 389 g/mol. The molecule has 1 heterocycles. The Morgan fingerprint density at radius 2 is 1.75 bits per heavy atom. The van der Waals surface area contributed by atoms with E-state index in [4.69, 9.17) is 0 Å². The average molecular weight is 389 g/mol. The van der Waals surface area contributed by atoms with Crippen molar-refractivity contribution in [3.63, 3.8) is 0 Å². The van der Waals surface area contributed by atoms with E-state index in [-0.39, 0.29) is 11.4 Å². The van der Waals surface area contributed by atoms with E-state index in [1.807, 2.05) is 0 Å². The van der Waals surface area contributed by atoms with E-state index in [1.54, 1.807) is 37.3 Å². The second kappa shape index (κ2) is 8.03. The normalized spacial score (nSPS) is 16.6. The van der Waals surface area contributed by atoms with Crippen molar-refractivity contribution in [3.8, 4) is 5.75 Å². The van der Waals surface area contributed by atoms with E-state index in [9.17, 15) is 23.2 Å². The van der Waals surface area contributed by atoms with Crippen LogP contribution in [0.4, 0.5) is 25.0 Å². The molecular weight excluding hydrogens is 372 g/mol. The number of nitrogens with zero attached hydrogens (tertiary/aromatic N) is 2. The van der Waals surface area contributed by atoms with Gasteiger partial charge in [0, 0.05) is 5.69 Å². The summed E-state index contributed by atoms with van der Waals surface area (Å²) in [6, 6.07) is 12.9. The van der Waals surface area contributed by atoms with Crippen LogP contribution in [0, 0.1) is 0 Å². The minimum atomic E-state index is -3.06. The number of ether oxygens (including phenoxy) is 1. The smallest absolute Gasteiger partial charge is 0.387 e. The highest BCUT2D eigenvalue weighted by atomic mass is 19.3. The summed E-state index contributed by atoms with van der Waals surface area (Å²) in [5.74, 6) is -1.46. The molecule has 0 bridgehead atoms. The number of carbonyl (C=O) groups is 3.